The van der Waals surface area contributed by atoms with Crippen molar-refractivity contribution < 1.29 is 32.2 Å². The summed E-state index contributed by atoms with van der Waals surface area (Å²) in [6.45, 7) is 7.75. The van der Waals surface area contributed by atoms with Gasteiger partial charge in [0.25, 0.3) is 0 Å². The van der Waals surface area contributed by atoms with Crippen molar-refractivity contribution in [2.75, 3.05) is 37.4 Å². The Labute approximate surface area is 224 Å². The average Bonchev–Trinajstić information content (AvgIpc) is 2.85. The fraction of sp³-hybridized carbons (Fsp3) is 0.481. The molecule has 1 heterocycles. The van der Waals surface area contributed by atoms with Gasteiger partial charge >= 0.3 is 0 Å². The van der Waals surface area contributed by atoms with Gasteiger partial charge in [-0.2, -0.15) is 0 Å². The van der Waals surface area contributed by atoms with Crippen LogP contribution in [0.15, 0.2) is 42.5 Å². The molecule has 1 N–H and O–H groups in total. The molecule has 3 rings (SSSR count). The lowest BCUT2D eigenvalue weighted by Crippen LogP contribution is -2.55. The number of carbonyl (C=O) groups is 2. The highest BCUT2D eigenvalue weighted by atomic mass is 32.2. The Morgan fingerprint density at radius 2 is 1.68 bits per heavy atom. The van der Waals surface area contributed by atoms with Gasteiger partial charge in [0.05, 0.1) is 19.1 Å². The number of anilines is 1. The summed E-state index contributed by atoms with van der Waals surface area (Å²) >= 11 is 0. The Kier molecular flexibility index (Phi) is 9.14. The van der Waals surface area contributed by atoms with Crippen molar-refractivity contribution >= 4 is 27.5 Å². The highest BCUT2D eigenvalue weighted by molar-refractivity contribution is 7.92. The number of benzene rings is 2. The zero-order valence-electron chi connectivity index (χ0n) is 22.8. The molecule has 208 valence electrons. The fourth-order valence-corrected chi connectivity index (χ4v) is 4.94. The van der Waals surface area contributed by atoms with Gasteiger partial charge in [-0.15, -0.1) is 0 Å². The van der Waals surface area contributed by atoms with Crippen molar-refractivity contribution in [2.24, 2.45) is 0 Å². The first-order valence-corrected chi connectivity index (χ1v) is 14.3. The van der Waals surface area contributed by atoms with Crippen LogP contribution in [-0.2, 0) is 26.2 Å². The minimum Gasteiger partial charge on any atom is -0.497 e. The molecule has 2 amide bonds. The maximum absolute atomic E-state index is 13.8. The van der Waals surface area contributed by atoms with Crippen molar-refractivity contribution in [1.82, 2.24) is 10.2 Å². The van der Waals surface area contributed by atoms with Crippen LogP contribution in [0.4, 0.5) is 5.69 Å². The normalized spacial score (nSPS) is 13.8. The number of rotatable bonds is 10. The number of nitrogens with one attached hydrogen (secondary N) is 1. The predicted molar refractivity (Wildman–Crippen MR) is 145 cm³/mol. The molecule has 10 nitrogen and oxygen atoms in total. The minimum atomic E-state index is -3.86. The van der Waals surface area contributed by atoms with Crippen LogP contribution in [0, 0.1) is 0 Å². The van der Waals surface area contributed by atoms with E-state index in [9.17, 15) is 18.0 Å². The monoisotopic (exact) mass is 547 g/mol. The Morgan fingerprint density at radius 1 is 1.05 bits per heavy atom. The topological polar surface area (TPSA) is 114 Å². The van der Waals surface area contributed by atoms with Crippen molar-refractivity contribution in [3.8, 4) is 17.2 Å². The number of amides is 2. The van der Waals surface area contributed by atoms with Crippen molar-refractivity contribution in [2.45, 2.75) is 52.2 Å². The number of nitrogens with zero attached hydrogens (tertiary/aromatic N) is 2. The zero-order chi connectivity index (χ0) is 28.1. The number of carbonyl (C=O) groups excluding carboxylic acids is 2. The number of fused-ring (bicyclic) bond motifs is 1. The van der Waals surface area contributed by atoms with E-state index in [-0.39, 0.29) is 18.1 Å². The zero-order valence-corrected chi connectivity index (χ0v) is 23.6. The number of sulfonamides is 1. The van der Waals surface area contributed by atoms with E-state index in [1.54, 1.807) is 37.4 Å². The summed E-state index contributed by atoms with van der Waals surface area (Å²) in [7, 11) is -2.30. The molecule has 0 aliphatic carbocycles. The lowest BCUT2D eigenvalue weighted by molar-refractivity contribution is -0.141. The Hall–Kier alpha value is -3.47. The maximum Gasteiger partial charge on any atom is 0.244 e. The maximum atomic E-state index is 13.8. The lowest BCUT2D eigenvalue weighted by Gasteiger charge is -2.34. The van der Waals surface area contributed by atoms with Crippen LogP contribution in [0.2, 0.25) is 0 Å². The van der Waals surface area contributed by atoms with Crippen molar-refractivity contribution in [3.63, 3.8) is 0 Å². The van der Waals surface area contributed by atoms with Gasteiger partial charge in [0.1, 0.15) is 31.5 Å². The van der Waals surface area contributed by atoms with E-state index in [0.29, 0.717) is 36.9 Å². The minimum absolute atomic E-state index is 0.109. The molecule has 0 unspecified atom stereocenters. The number of methoxy groups -OCH3 is 1. The van der Waals surface area contributed by atoms with E-state index < -0.39 is 34.1 Å². The van der Waals surface area contributed by atoms with Gasteiger partial charge < -0.3 is 24.4 Å². The van der Waals surface area contributed by atoms with Crippen LogP contribution >= 0.6 is 0 Å². The molecule has 0 saturated carbocycles. The summed E-state index contributed by atoms with van der Waals surface area (Å²) in [5.74, 6) is 0.738. The van der Waals surface area contributed by atoms with E-state index in [0.717, 1.165) is 16.1 Å². The van der Waals surface area contributed by atoms with Crippen LogP contribution in [0.3, 0.4) is 0 Å². The molecule has 0 fully saturated rings. The van der Waals surface area contributed by atoms with Crippen molar-refractivity contribution in [3.05, 3.63) is 48.0 Å². The van der Waals surface area contributed by atoms with Gasteiger partial charge in [-0.25, -0.2) is 8.42 Å². The summed E-state index contributed by atoms with van der Waals surface area (Å²) in [6, 6.07) is 11.1. The van der Waals surface area contributed by atoms with Crippen molar-refractivity contribution in [1.29, 1.82) is 0 Å². The van der Waals surface area contributed by atoms with Gasteiger partial charge in [-0.05, 0) is 57.0 Å². The molecular weight excluding hydrogens is 510 g/mol. The highest BCUT2D eigenvalue weighted by Gasteiger charge is 2.33. The summed E-state index contributed by atoms with van der Waals surface area (Å²) in [6.07, 6.45) is 1.38. The summed E-state index contributed by atoms with van der Waals surface area (Å²) in [5, 5.41) is 2.94. The average molecular weight is 548 g/mol. The molecule has 38 heavy (non-hydrogen) atoms. The summed E-state index contributed by atoms with van der Waals surface area (Å²) in [5.41, 5.74) is 0.525. The SMILES string of the molecule is CC[C@H](C(=O)NC(C)(C)C)N(Cc1ccc(OC)cc1)C(=O)CN(c1ccc2c(c1)OCCO2)S(C)(=O)=O. The van der Waals surface area contributed by atoms with Gasteiger partial charge in [-0.3, -0.25) is 13.9 Å². The lowest BCUT2D eigenvalue weighted by atomic mass is 10.1. The second kappa shape index (κ2) is 11.9. The van der Waals surface area contributed by atoms with Gasteiger partial charge in [0.15, 0.2) is 11.5 Å². The third-order valence-corrected chi connectivity index (χ3v) is 7.03. The standard InChI is InChI=1S/C27H37N3O7S/c1-7-22(26(32)28-27(2,3)4)29(17-19-8-11-21(35-5)12-9-19)25(31)18-30(38(6,33)34)20-10-13-23-24(16-20)37-15-14-36-23/h8-13,16,22H,7,14-15,17-18H2,1-6H3,(H,28,32)/t22-/m1/s1. The molecule has 1 aliphatic rings. The quantitative estimate of drug-likeness (QED) is 0.486. The fourth-order valence-electron chi connectivity index (χ4n) is 4.10. The second-order valence-electron chi connectivity index (χ2n) is 10.1. The van der Waals surface area contributed by atoms with Crippen LogP contribution < -0.4 is 23.8 Å². The van der Waals surface area contributed by atoms with Crippen LogP contribution in [0.25, 0.3) is 0 Å². The molecule has 2 aromatic carbocycles. The predicted octanol–water partition coefficient (Wildman–Crippen LogP) is 2.95. The van der Waals surface area contributed by atoms with E-state index >= 15 is 0 Å². The van der Waals surface area contributed by atoms with Crippen LogP contribution in [0.5, 0.6) is 17.2 Å². The van der Waals surface area contributed by atoms with Crippen LogP contribution in [-0.4, -0.2) is 69.8 Å². The van der Waals surface area contributed by atoms with Crippen LogP contribution in [0.1, 0.15) is 39.7 Å². The second-order valence-corrected chi connectivity index (χ2v) is 12.0. The first-order chi connectivity index (χ1) is 17.8. The van der Waals surface area contributed by atoms with Gasteiger partial charge in [-0.1, -0.05) is 19.1 Å². The Bertz CT molecular complexity index is 1240. The Balaban J connectivity index is 1.96. The number of ether oxygens (including phenoxy) is 3. The Morgan fingerprint density at radius 3 is 2.24 bits per heavy atom. The number of hydrogen-bond acceptors (Lipinski definition) is 7. The first-order valence-electron chi connectivity index (χ1n) is 12.4. The van der Waals surface area contributed by atoms with E-state index in [4.69, 9.17) is 14.2 Å². The smallest absolute Gasteiger partial charge is 0.244 e. The molecule has 0 saturated heterocycles. The molecule has 0 radical (unpaired) electrons. The van der Waals surface area contributed by atoms with Gasteiger partial charge in [0, 0.05) is 18.2 Å². The van der Waals surface area contributed by atoms with E-state index in [1.807, 2.05) is 39.8 Å². The molecule has 2 aromatic rings. The van der Waals surface area contributed by atoms with E-state index in [1.165, 1.54) is 4.90 Å². The number of hydrogen-bond donors (Lipinski definition) is 1. The third-order valence-electron chi connectivity index (χ3n) is 5.89. The molecule has 0 bridgehead atoms. The molecule has 0 aromatic heterocycles. The largest absolute Gasteiger partial charge is 0.497 e. The summed E-state index contributed by atoms with van der Waals surface area (Å²) < 4.78 is 43.1. The molecular formula is C27H37N3O7S. The highest BCUT2D eigenvalue weighted by Crippen LogP contribution is 2.34. The molecule has 11 heteroatoms. The molecule has 0 spiro atoms. The first kappa shape index (κ1) is 29.1. The summed E-state index contributed by atoms with van der Waals surface area (Å²) in [4.78, 5) is 28.5. The third kappa shape index (κ3) is 7.53. The van der Waals surface area contributed by atoms with Gasteiger partial charge in [0.2, 0.25) is 21.8 Å². The molecule has 1 aliphatic heterocycles. The van der Waals surface area contributed by atoms with E-state index in [2.05, 4.69) is 5.32 Å². The molecule has 1 atom stereocenters.